The van der Waals surface area contributed by atoms with Gasteiger partial charge in [-0.25, -0.2) is 4.98 Å². The number of hydrogen-bond acceptors (Lipinski definition) is 2. The van der Waals surface area contributed by atoms with Gasteiger partial charge in [-0.15, -0.1) is 0 Å². The van der Waals surface area contributed by atoms with Gasteiger partial charge >= 0.3 is 0 Å². The number of pyridine rings is 1. The molecule has 110 valence electrons. The zero-order chi connectivity index (χ0) is 15.7. The van der Waals surface area contributed by atoms with E-state index in [-0.39, 0.29) is 0 Å². The predicted octanol–water partition coefficient (Wildman–Crippen LogP) is 3.46. The summed E-state index contributed by atoms with van der Waals surface area (Å²) in [6.07, 6.45) is 4.75. The van der Waals surface area contributed by atoms with Crippen molar-refractivity contribution < 1.29 is 4.79 Å². The van der Waals surface area contributed by atoms with Gasteiger partial charge in [-0.1, -0.05) is 41.4 Å². The number of carbonyl (C=O) groups is 1. The molecule has 1 aromatic carbocycles. The highest BCUT2D eigenvalue weighted by Gasteiger charge is 2.12. The highest BCUT2D eigenvalue weighted by molar-refractivity contribution is 6.30. The first-order chi connectivity index (χ1) is 10.5. The van der Waals surface area contributed by atoms with Crippen LogP contribution in [0.25, 0.3) is 23.0 Å². The molecule has 0 aliphatic carbocycles. The van der Waals surface area contributed by atoms with Crippen molar-refractivity contribution in [1.82, 2.24) is 9.38 Å². The van der Waals surface area contributed by atoms with E-state index in [4.69, 9.17) is 17.3 Å². The van der Waals surface area contributed by atoms with E-state index < -0.39 is 5.91 Å². The largest absolute Gasteiger partial charge is 0.366 e. The number of hydrogen-bond donors (Lipinski definition) is 1. The number of primary amides is 1. The number of imidazole rings is 1. The van der Waals surface area contributed by atoms with E-state index in [1.807, 2.05) is 41.7 Å². The fraction of sp³-hybridized carbons (Fsp3) is 0.0588. The Bertz CT molecular complexity index is 879. The summed E-state index contributed by atoms with van der Waals surface area (Å²) in [4.78, 5) is 15.7. The van der Waals surface area contributed by atoms with E-state index in [9.17, 15) is 4.79 Å². The Morgan fingerprint density at radius 1 is 1.23 bits per heavy atom. The molecular formula is C17H14ClN3O. The number of benzene rings is 1. The molecule has 0 fully saturated rings. The molecule has 1 amide bonds. The third-order valence-corrected chi connectivity index (χ3v) is 3.57. The van der Waals surface area contributed by atoms with Crippen molar-refractivity contribution in [2.75, 3.05) is 0 Å². The number of amides is 1. The van der Waals surface area contributed by atoms with Crippen LogP contribution in [0, 0.1) is 6.92 Å². The lowest BCUT2D eigenvalue weighted by Crippen LogP contribution is -2.05. The third-order valence-electron chi connectivity index (χ3n) is 3.35. The summed E-state index contributed by atoms with van der Waals surface area (Å²) in [6.45, 7) is 2.03. The molecular weight excluding hydrogens is 298 g/mol. The first-order valence-electron chi connectivity index (χ1n) is 6.77. The monoisotopic (exact) mass is 311 g/mol. The van der Waals surface area contributed by atoms with Gasteiger partial charge < -0.3 is 5.73 Å². The van der Waals surface area contributed by atoms with Crippen LogP contribution in [0.5, 0.6) is 0 Å². The SMILES string of the molecule is Cc1ccc(-c2nc3ccc(Cl)cn3c2/C=C\C(N)=O)cc1. The summed E-state index contributed by atoms with van der Waals surface area (Å²) in [5, 5.41) is 0.592. The van der Waals surface area contributed by atoms with Crippen molar-refractivity contribution in [2.45, 2.75) is 6.92 Å². The van der Waals surface area contributed by atoms with Crippen LogP contribution in [0.4, 0.5) is 0 Å². The van der Waals surface area contributed by atoms with Crippen LogP contribution in [0.1, 0.15) is 11.3 Å². The highest BCUT2D eigenvalue weighted by Crippen LogP contribution is 2.27. The molecule has 0 aliphatic heterocycles. The number of rotatable bonds is 3. The van der Waals surface area contributed by atoms with Crippen LogP contribution in [0.15, 0.2) is 48.7 Å². The maximum absolute atomic E-state index is 11.1. The Morgan fingerprint density at radius 2 is 1.95 bits per heavy atom. The molecule has 0 unspecified atom stereocenters. The van der Waals surface area contributed by atoms with Gasteiger partial charge in [0.05, 0.1) is 16.4 Å². The lowest BCUT2D eigenvalue weighted by molar-refractivity contribution is -0.113. The molecule has 2 heterocycles. The number of nitrogens with zero attached hydrogens (tertiary/aromatic N) is 2. The molecule has 4 nitrogen and oxygen atoms in total. The van der Waals surface area contributed by atoms with Crippen molar-refractivity contribution in [1.29, 1.82) is 0 Å². The van der Waals surface area contributed by atoms with Crippen LogP contribution in [0.2, 0.25) is 5.02 Å². The van der Waals surface area contributed by atoms with E-state index in [2.05, 4.69) is 4.98 Å². The standard InChI is InChI=1S/C17H14ClN3O/c1-11-2-4-12(5-3-11)17-14(7-8-15(19)22)21-10-13(18)6-9-16(21)20-17/h2-10H,1H3,(H2,19,22)/b8-7-. The summed E-state index contributed by atoms with van der Waals surface area (Å²) < 4.78 is 1.84. The van der Waals surface area contributed by atoms with Gasteiger partial charge in [0.25, 0.3) is 0 Å². The predicted molar refractivity (Wildman–Crippen MR) is 88.6 cm³/mol. The summed E-state index contributed by atoms with van der Waals surface area (Å²) >= 11 is 6.07. The van der Waals surface area contributed by atoms with E-state index >= 15 is 0 Å². The van der Waals surface area contributed by atoms with E-state index in [0.717, 1.165) is 22.6 Å². The summed E-state index contributed by atoms with van der Waals surface area (Å²) in [5.74, 6) is -0.508. The average molecular weight is 312 g/mol. The van der Waals surface area contributed by atoms with Crippen molar-refractivity contribution >= 4 is 29.2 Å². The maximum atomic E-state index is 11.1. The van der Waals surface area contributed by atoms with Crippen LogP contribution in [0.3, 0.4) is 0 Å². The Balaban J connectivity index is 2.26. The highest BCUT2D eigenvalue weighted by atomic mass is 35.5. The number of aromatic nitrogens is 2. The smallest absolute Gasteiger partial charge is 0.241 e. The fourth-order valence-electron chi connectivity index (χ4n) is 2.28. The second kappa shape index (κ2) is 5.66. The molecule has 5 heteroatoms. The maximum Gasteiger partial charge on any atom is 0.241 e. The lowest BCUT2D eigenvalue weighted by Gasteiger charge is -2.01. The Labute approximate surface area is 132 Å². The average Bonchev–Trinajstić information content (AvgIpc) is 2.83. The molecule has 0 spiro atoms. The van der Waals surface area contributed by atoms with Crippen molar-refractivity contribution in [3.05, 3.63) is 65.0 Å². The number of carbonyl (C=O) groups excluding carboxylic acids is 1. The summed E-state index contributed by atoms with van der Waals surface area (Å²) in [6, 6.07) is 11.7. The molecule has 0 atom stereocenters. The Morgan fingerprint density at radius 3 is 2.64 bits per heavy atom. The van der Waals surface area contributed by atoms with E-state index in [1.165, 1.54) is 11.6 Å². The molecule has 3 rings (SSSR count). The van der Waals surface area contributed by atoms with Crippen LogP contribution >= 0.6 is 11.6 Å². The first kappa shape index (κ1) is 14.4. The zero-order valence-electron chi connectivity index (χ0n) is 12.0. The lowest BCUT2D eigenvalue weighted by atomic mass is 10.1. The summed E-state index contributed by atoms with van der Waals surface area (Å²) in [5.41, 5.74) is 9.64. The fourth-order valence-corrected chi connectivity index (χ4v) is 2.44. The molecule has 22 heavy (non-hydrogen) atoms. The van der Waals surface area contributed by atoms with Crippen LogP contribution in [-0.2, 0) is 4.79 Å². The minimum atomic E-state index is -0.508. The number of halogens is 1. The van der Waals surface area contributed by atoms with Crippen molar-refractivity contribution in [3.63, 3.8) is 0 Å². The van der Waals surface area contributed by atoms with E-state index in [1.54, 1.807) is 18.3 Å². The molecule has 0 bridgehead atoms. The Hall–Kier alpha value is -2.59. The minimum absolute atomic E-state index is 0.508. The van der Waals surface area contributed by atoms with Crippen LogP contribution < -0.4 is 5.73 Å². The first-order valence-corrected chi connectivity index (χ1v) is 7.14. The van der Waals surface area contributed by atoms with Gasteiger partial charge in [-0.2, -0.15) is 0 Å². The number of fused-ring (bicyclic) bond motifs is 1. The van der Waals surface area contributed by atoms with Gasteiger partial charge in [0.1, 0.15) is 5.65 Å². The van der Waals surface area contributed by atoms with Gasteiger partial charge in [0, 0.05) is 17.8 Å². The topological polar surface area (TPSA) is 60.4 Å². The molecule has 2 aromatic heterocycles. The van der Waals surface area contributed by atoms with Gasteiger partial charge in [0.15, 0.2) is 0 Å². The molecule has 3 aromatic rings. The zero-order valence-corrected chi connectivity index (χ0v) is 12.7. The van der Waals surface area contributed by atoms with Gasteiger partial charge in [0.2, 0.25) is 5.91 Å². The van der Waals surface area contributed by atoms with E-state index in [0.29, 0.717) is 5.02 Å². The quantitative estimate of drug-likeness (QED) is 0.753. The normalized spacial score (nSPS) is 11.4. The van der Waals surface area contributed by atoms with Gasteiger partial charge in [-0.3, -0.25) is 9.20 Å². The Kier molecular flexibility index (Phi) is 3.69. The molecule has 0 aliphatic rings. The summed E-state index contributed by atoms with van der Waals surface area (Å²) in [7, 11) is 0. The second-order valence-corrected chi connectivity index (χ2v) is 5.46. The minimum Gasteiger partial charge on any atom is -0.366 e. The molecule has 0 saturated heterocycles. The van der Waals surface area contributed by atoms with Crippen LogP contribution in [-0.4, -0.2) is 15.3 Å². The molecule has 0 radical (unpaired) electrons. The van der Waals surface area contributed by atoms with Gasteiger partial charge in [-0.05, 0) is 25.1 Å². The number of aryl methyl sites for hydroxylation is 1. The second-order valence-electron chi connectivity index (χ2n) is 5.02. The molecule has 0 saturated carbocycles. The van der Waals surface area contributed by atoms with Crippen molar-refractivity contribution in [2.24, 2.45) is 5.73 Å². The molecule has 2 N–H and O–H groups in total. The third kappa shape index (κ3) is 2.73. The number of nitrogens with two attached hydrogens (primary N) is 1. The van der Waals surface area contributed by atoms with Crippen molar-refractivity contribution in [3.8, 4) is 11.3 Å².